The summed E-state index contributed by atoms with van der Waals surface area (Å²) in [4.78, 5) is 4.30. The summed E-state index contributed by atoms with van der Waals surface area (Å²) in [6, 6.07) is 16.0. The predicted molar refractivity (Wildman–Crippen MR) is 130 cm³/mol. The zero-order valence-corrected chi connectivity index (χ0v) is 20.4. The van der Waals surface area contributed by atoms with Gasteiger partial charge < -0.3 is 4.74 Å². The standard InChI is InChI=1S/C26H22F2N8O/c1-16-5-4-6-19(12-29)22(16)15-35-23-11-20(13-30-24(23)17(2)32-35)26(27,28)25-31-33-34-36(25)14-18-7-9-21(37-3)10-8-18/h4-11,13H,14-15H2,1-3H3. The van der Waals surface area contributed by atoms with Crippen LogP contribution in [0.4, 0.5) is 8.78 Å². The summed E-state index contributed by atoms with van der Waals surface area (Å²) in [5, 5.41) is 25.0. The van der Waals surface area contributed by atoms with Gasteiger partial charge in [-0.25, -0.2) is 4.68 Å². The number of hydrogen-bond acceptors (Lipinski definition) is 7. The van der Waals surface area contributed by atoms with Crippen molar-refractivity contribution in [1.82, 2.24) is 35.0 Å². The highest BCUT2D eigenvalue weighted by Crippen LogP contribution is 2.35. The van der Waals surface area contributed by atoms with Crippen LogP contribution >= 0.6 is 0 Å². The van der Waals surface area contributed by atoms with Gasteiger partial charge in [0.05, 0.1) is 43.0 Å². The number of benzene rings is 2. The third-order valence-electron chi connectivity index (χ3n) is 6.26. The molecule has 186 valence electrons. The first-order valence-corrected chi connectivity index (χ1v) is 11.4. The van der Waals surface area contributed by atoms with Gasteiger partial charge in [0, 0.05) is 11.8 Å². The van der Waals surface area contributed by atoms with E-state index in [4.69, 9.17) is 4.74 Å². The first kappa shape index (κ1) is 24.0. The Morgan fingerprint density at radius 3 is 2.57 bits per heavy atom. The summed E-state index contributed by atoms with van der Waals surface area (Å²) in [6.45, 7) is 3.96. The Morgan fingerprint density at radius 2 is 1.84 bits per heavy atom. The molecule has 0 amide bonds. The number of aromatic nitrogens is 7. The molecular weight excluding hydrogens is 478 g/mol. The van der Waals surface area contributed by atoms with Gasteiger partial charge >= 0.3 is 5.92 Å². The normalized spacial score (nSPS) is 11.6. The molecule has 37 heavy (non-hydrogen) atoms. The molecule has 0 aliphatic carbocycles. The largest absolute Gasteiger partial charge is 0.497 e. The van der Waals surface area contributed by atoms with Crippen molar-refractivity contribution in [2.24, 2.45) is 0 Å². The lowest BCUT2D eigenvalue weighted by Gasteiger charge is -2.16. The van der Waals surface area contributed by atoms with Gasteiger partial charge in [0.2, 0.25) is 5.82 Å². The highest BCUT2D eigenvalue weighted by Gasteiger charge is 2.41. The predicted octanol–water partition coefficient (Wildman–Crippen LogP) is 4.15. The highest BCUT2D eigenvalue weighted by molar-refractivity contribution is 5.78. The zero-order chi connectivity index (χ0) is 26.2. The first-order chi connectivity index (χ1) is 17.8. The number of ether oxygens (including phenoxy) is 1. The number of nitrogens with zero attached hydrogens (tertiary/aromatic N) is 8. The molecule has 0 saturated carbocycles. The summed E-state index contributed by atoms with van der Waals surface area (Å²) in [7, 11) is 1.55. The van der Waals surface area contributed by atoms with Crippen LogP contribution in [0.5, 0.6) is 5.75 Å². The van der Waals surface area contributed by atoms with Crippen molar-refractivity contribution in [3.8, 4) is 11.8 Å². The van der Waals surface area contributed by atoms with Gasteiger partial charge in [-0.3, -0.25) is 9.67 Å². The Balaban J connectivity index is 1.52. The Hall–Kier alpha value is -4.72. The van der Waals surface area contributed by atoms with E-state index in [1.54, 1.807) is 55.1 Å². The second-order valence-electron chi connectivity index (χ2n) is 8.63. The number of methoxy groups -OCH3 is 1. The summed E-state index contributed by atoms with van der Waals surface area (Å²) in [5.74, 6) is -3.47. The van der Waals surface area contributed by atoms with E-state index in [-0.39, 0.29) is 18.7 Å². The minimum absolute atomic E-state index is 0.0544. The van der Waals surface area contributed by atoms with Crippen LogP contribution in [0.2, 0.25) is 0 Å². The highest BCUT2D eigenvalue weighted by atomic mass is 19.3. The molecule has 5 aromatic rings. The van der Waals surface area contributed by atoms with E-state index in [0.717, 1.165) is 27.6 Å². The van der Waals surface area contributed by atoms with Gasteiger partial charge in [-0.15, -0.1) is 5.10 Å². The molecule has 3 heterocycles. The van der Waals surface area contributed by atoms with E-state index in [1.807, 2.05) is 13.0 Å². The van der Waals surface area contributed by atoms with Crippen molar-refractivity contribution in [2.75, 3.05) is 7.11 Å². The van der Waals surface area contributed by atoms with E-state index in [9.17, 15) is 5.26 Å². The van der Waals surface area contributed by atoms with Crippen LogP contribution in [-0.4, -0.2) is 42.1 Å². The average Bonchev–Trinajstić information content (AvgIpc) is 3.50. The van der Waals surface area contributed by atoms with Crippen molar-refractivity contribution in [3.05, 3.63) is 94.1 Å². The van der Waals surface area contributed by atoms with Crippen LogP contribution in [0.1, 0.15) is 39.3 Å². The quantitative estimate of drug-likeness (QED) is 0.330. The smallest absolute Gasteiger partial charge is 0.335 e. The number of aryl methyl sites for hydroxylation is 2. The van der Waals surface area contributed by atoms with Crippen LogP contribution in [0.25, 0.3) is 11.0 Å². The molecule has 0 fully saturated rings. The number of halogens is 2. The average molecular weight is 501 g/mol. The molecule has 5 rings (SSSR count). The van der Waals surface area contributed by atoms with Crippen LogP contribution in [-0.2, 0) is 19.0 Å². The van der Waals surface area contributed by atoms with E-state index < -0.39 is 11.7 Å². The Kier molecular flexibility index (Phi) is 6.09. The van der Waals surface area contributed by atoms with Crippen LogP contribution < -0.4 is 4.74 Å². The minimum Gasteiger partial charge on any atom is -0.497 e. The number of tetrazole rings is 1. The molecule has 0 aliphatic rings. The number of pyridine rings is 1. The van der Waals surface area contributed by atoms with Gasteiger partial charge in [0.1, 0.15) is 11.3 Å². The zero-order valence-electron chi connectivity index (χ0n) is 20.4. The number of nitriles is 1. The minimum atomic E-state index is -3.53. The van der Waals surface area contributed by atoms with E-state index >= 15 is 8.78 Å². The molecule has 0 aliphatic heterocycles. The van der Waals surface area contributed by atoms with E-state index in [2.05, 4.69) is 31.7 Å². The molecule has 0 unspecified atom stereocenters. The fraction of sp³-hybridized carbons (Fsp3) is 0.231. The second kappa shape index (κ2) is 9.39. The summed E-state index contributed by atoms with van der Waals surface area (Å²) in [6.07, 6.45) is 1.13. The molecule has 0 saturated heterocycles. The van der Waals surface area contributed by atoms with E-state index in [1.165, 1.54) is 6.07 Å². The first-order valence-electron chi connectivity index (χ1n) is 11.4. The molecule has 11 heteroatoms. The Bertz CT molecular complexity index is 1630. The third-order valence-corrected chi connectivity index (χ3v) is 6.26. The monoisotopic (exact) mass is 500 g/mol. The molecular formula is C26H22F2N8O. The summed E-state index contributed by atoms with van der Waals surface area (Å²) >= 11 is 0. The number of hydrogen-bond donors (Lipinski definition) is 0. The van der Waals surface area contributed by atoms with Gasteiger partial charge in [-0.05, 0) is 65.2 Å². The fourth-order valence-corrected chi connectivity index (χ4v) is 4.24. The molecule has 3 aromatic heterocycles. The third kappa shape index (κ3) is 4.38. The number of rotatable bonds is 7. The van der Waals surface area contributed by atoms with Gasteiger partial charge in [0.15, 0.2) is 0 Å². The maximum Gasteiger partial charge on any atom is 0.335 e. The molecule has 0 atom stereocenters. The van der Waals surface area contributed by atoms with Crippen molar-refractivity contribution >= 4 is 11.0 Å². The number of alkyl halides is 2. The maximum atomic E-state index is 15.8. The van der Waals surface area contributed by atoms with Gasteiger partial charge in [-0.2, -0.15) is 19.1 Å². The molecule has 0 bridgehead atoms. The molecule has 0 spiro atoms. The molecule has 0 N–H and O–H groups in total. The second-order valence-corrected chi connectivity index (χ2v) is 8.63. The molecule has 2 aromatic carbocycles. The summed E-state index contributed by atoms with van der Waals surface area (Å²) < 4.78 is 39.4. The SMILES string of the molecule is COc1ccc(Cn2nnnc2C(F)(F)c2cnc3c(C)nn(Cc4c(C)cccc4C#N)c3c2)cc1. The van der Waals surface area contributed by atoms with Gasteiger partial charge in [-0.1, -0.05) is 24.3 Å². The number of fused-ring (bicyclic) bond motifs is 1. The lowest BCUT2D eigenvalue weighted by Crippen LogP contribution is -2.23. The lowest BCUT2D eigenvalue weighted by molar-refractivity contribution is 0.0278. The topological polar surface area (TPSA) is 107 Å². The Labute approximate surface area is 210 Å². The lowest BCUT2D eigenvalue weighted by atomic mass is 10.0. The maximum absolute atomic E-state index is 15.8. The molecule has 0 radical (unpaired) electrons. The van der Waals surface area contributed by atoms with Crippen molar-refractivity contribution in [1.29, 1.82) is 5.26 Å². The van der Waals surface area contributed by atoms with Crippen molar-refractivity contribution in [3.63, 3.8) is 0 Å². The van der Waals surface area contributed by atoms with Crippen LogP contribution in [0.15, 0.2) is 54.7 Å². The van der Waals surface area contributed by atoms with E-state index in [0.29, 0.717) is 28.0 Å². The van der Waals surface area contributed by atoms with Crippen molar-refractivity contribution < 1.29 is 13.5 Å². The molecule has 9 nitrogen and oxygen atoms in total. The van der Waals surface area contributed by atoms with Crippen molar-refractivity contribution in [2.45, 2.75) is 32.9 Å². The Morgan fingerprint density at radius 1 is 1.05 bits per heavy atom. The van der Waals surface area contributed by atoms with Gasteiger partial charge in [0.25, 0.3) is 0 Å². The summed E-state index contributed by atoms with van der Waals surface area (Å²) in [5.41, 5.74) is 4.09. The van der Waals surface area contributed by atoms with Crippen LogP contribution in [0.3, 0.4) is 0 Å². The fourth-order valence-electron chi connectivity index (χ4n) is 4.24. The van der Waals surface area contributed by atoms with Crippen LogP contribution in [0, 0.1) is 25.2 Å².